The molecule has 0 aliphatic rings. The third-order valence-corrected chi connectivity index (χ3v) is 4.75. The van der Waals surface area contributed by atoms with Crippen molar-refractivity contribution < 1.29 is 14.3 Å². The van der Waals surface area contributed by atoms with Crippen molar-refractivity contribution >= 4 is 16.8 Å². The fraction of sp³-hybridized carbons (Fsp3) is 0.304. The summed E-state index contributed by atoms with van der Waals surface area (Å²) < 4.78 is 10.7. The zero-order valence-corrected chi connectivity index (χ0v) is 17.0. The molecule has 3 aromatic rings. The Labute approximate surface area is 170 Å². The van der Waals surface area contributed by atoms with Gasteiger partial charge in [-0.2, -0.15) is 0 Å². The van der Waals surface area contributed by atoms with Crippen LogP contribution < -0.4 is 15.0 Å². The summed E-state index contributed by atoms with van der Waals surface area (Å²) in [6.45, 7) is 4.98. The second-order valence-corrected chi connectivity index (χ2v) is 6.76. The average Bonchev–Trinajstić information content (AvgIpc) is 2.74. The van der Waals surface area contributed by atoms with Gasteiger partial charge in [0.05, 0.1) is 20.3 Å². The SMILES string of the molecule is CCOc1ccc2[nH]c(=O)c(CN(Cc3ccc(OC)cc3)C(=O)CC)cc2c1. The topological polar surface area (TPSA) is 71.6 Å². The minimum Gasteiger partial charge on any atom is -0.497 e. The van der Waals surface area contributed by atoms with E-state index in [2.05, 4.69) is 4.98 Å². The highest BCUT2D eigenvalue weighted by molar-refractivity contribution is 5.81. The Morgan fingerprint density at radius 3 is 2.38 bits per heavy atom. The molecule has 6 nitrogen and oxygen atoms in total. The summed E-state index contributed by atoms with van der Waals surface area (Å²) in [4.78, 5) is 29.7. The maximum Gasteiger partial charge on any atom is 0.253 e. The summed E-state index contributed by atoms with van der Waals surface area (Å²) in [6.07, 6.45) is 0.371. The number of nitrogens with zero attached hydrogens (tertiary/aromatic N) is 1. The number of pyridine rings is 1. The smallest absolute Gasteiger partial charge is 0.253 e. The largest absolute Gasteiger partial charge is 0.497 e. The lowest BCUT2D eigenvalue weighted by Gasteiger charge is -2.22. The molecule has 0 spiro atoms. The van der Waals surface area contributed by atoms with Gasteiger partial charge in [0.2, 0.25) is 5.91 Å². The third-order valence-electron chi connectivity index (χ3n) is 4.75. The van der Waals surface area contributed by atoms with Crippen molar-refractivity contribution in [1.29, 1.82) is 0 Å². The molecule has 0 aliphatic heterocycles. The molecule has 152 valence electrons. The Bertz CT molecular complexity index is 1040. The molecular weight excluding hydrogens is 368 g/mol. The number of fused-ring (bicyclic) bond motifs is 1. The number of hydrogen-bond donors (Lipinski definition) is 1. The molecule has 1 N–H and O–H groups in total. The molecule has 0 bridgehead atoms. The summed E-state index contributed by atoms with van der Waals surface area (Å²) in [6, 6.07) is 15.0. The first kappa shape index (κ1) is 20.5. The van der Waals surface area contributed by atoms with Gasteiger partial charge >= 0.3 is 0 Å². The first-order valence-electron chi connectivity index (χ1n) is 9.73. The van der Waals surface area contributed by atoms with Crippen LogP contribution in [0.4, 0.5) is 0 Å². The minimum atomic E-state index is -0.190. The van der Waals surface area contributed by atoms with Crippen LogP contribution in [-0.4, -0.2) is 29.5 Å². The number of rotatable bonds is 8. The normalized spacial score (nSPS) is 10.7. The van der Waals surface area contributed by atoms with Gasteiger partial charge in [0.25, 0.3) is 5.56 Å². The Morgan fingerprint density at radius 2 is 1.72 bits per heavy atom. The van der Waals surface area contributed by atoms with Crippen LogP contribution >= 0.6 is 0 Å². The zero-order valence-electron chi connectivity index (χ0n) is 17.0. The summed E-state index contributed by atoms with van der Waals surface area (Å²) >= 11 is 0. The predicted molar refractivity (Wildman–Crippen MR) is 113 cm³/mol. The van der Waals surface area contributed by atoms with Gasteiger partial charge in [0, 0.05) is 29.4 Å². The van der Waals surface area contributed by atoms with E-state index in [-0.39, 0.29) is 18.0 Å². The average molecular weight is 394 g/mol. The van der Waals surface area contributed by atoms with Crippen LogP contribution in [0.2, 0.25) is 0 Å². The number of carbonyl (C=O) groups is 1. The number of ether oxygens (including phenoxy) is 2. The number of amides is 1. The van der Waals surface area contributed by atoms with Crippen LogP contribution in [0.5, 0.6) is 11.5 Å². The van der Waals surface area contributed by atoms with Crippen LogP contribution in [-0.2, 0) is 17.9 Å². The van der Waals surface area contributed by atoms with Crippen molar-refractivity contribution in [3.8, 4) is 11.5 Å². The molecule has 0 fully saturated rings. The summed E-state index contributed by atoms with van der Waals surface area (Å²) in [5.74, 6) is 1.50. The molecule has 1 heterocycles. The van der Waals surface area contributed by atoms with Crippen molar-refractivity contribution in [1.82, 2.24) is 9.88 Å². The monoisotopic (exact) mass is 394 g/mol. The summed E-state index contributed by atoms with van der Waals surface area (Å²) in [7, 11) is 1.62. The van der Waals surface area contributed by atoms with E-state index in [1.807, 2.05) is 62.4 Å². The molecule has 0 unspecified atom stereocenters. The molecule has 0 atom stereocenters. The number of carbonyl (C=O) groups excluding carboxylic acids is 1. The van der Waals surface area contributed by atoms with Crippen LogP contribution in [0.15, 0.2) is 53.3 Å². The molecule has 1 amide bonds. The first-order chi connectivity index (χ1) is 14.0. The molecule has 0 saturated carbocycles. The van der Waals surface area contributed by atoms with E-state index in [1.165, 1.54) is 0 Å². The van der Waals surface area contributed by atoms with Gasteiger partial charge in [-0.05, 0) is 48.9 Å². The Kier molecular flexibility index (Phi) is 6.54. The molecule has 0 aliphatic carbocycles. The van der Waals surface area contributed by atoms with Gasteiger partial charge in [-0.1, -0.05) is 19.1 Å². The lowest BCUT2D eigenvalue weighted by molar-refractivity contribution is -0.132. The highest BCUT2D eigenvalue weighted by Gasteiger charge is 2.15. The van der Waals surface area contributed by atoms with E-state index < -0.39 is 0 Å². The molecular formula is C23H26N2O4. The molecule has 3 rings (SSSR count). The van der Waals surface area contributed by atoms with Crippen molar-refractivity contribution in [3.05, 3.63) is 70.0 Å². The fourth-order valence-corrected chi connectivity index (χ4v) is 3.22. The van der Waals surface area contributed by atoms with Crippen molar-refractivity contribution in [3.63, 3.8) is 0 Å². The number of benzene rings is 2. The fourth-order valence-electron chi connectivity index (χ4n) is 3.22. The molecule has 29 heavy (non-hydrogen) atoms. The third kappa shape index (κ3) is 4.96. The standard InChI is InChI=1S/C23H26N2O4/c1-4-22(26)25(14-16-6-8-19(28-3)9-7-16)15-18-12-17-13-20(29-5-2)10-11-21(17)24-23(18)27/h6-13H,4-5,14-15H2,1-3H3,(H,24,27). The molecule has 2 aromatic carbocycles. The number of methoxy groups -OCH3 is 1. The van der Waals surface area contributed by atoms with Crippen molar-refractivity contribution in [2.75, 3.05) is 13.7 Å². The van der Waals surface area contributed by atoms with Crippen molar-refractivity contribution in [2.24, 2.45) is 0 Å². The Morgan fingerprint density at radius 1 is 1.00 bits per heavy atom. The van der Waals surface area contributed by atoms with Gasteiger partial charge < -0.3 is 19.4 Å². The van der Waals surface area contributed by atoms with E-state index in [0.29, 0.717) is 25.1 Å². The van der Waals surface area contributed by atoms with Gasteiger partial charge in [-0.3, -0.25) is 9.59 Å². The second-order valence-electron chi connectivity index (χ2n) is 6.76. The van der Waals surface area contributed by atoms with E-state index in [1.54, 1.807) is 12.0 Å². The van der Waals surface area contributed by atoms with Crippen LogP contribution in [0.1, 0.15) is 31.4 Å². The number of nitrogens with one attached hydrogen (secondary N) is 1. The summed E-state index contributed by atoms with van der Waals surface area (Å²) in [5.41, 5.74) is 2.07. The quantitative estimate of drug-likeness (QED) is 0.629. The maximum atomic E-state index is 12.6. The van der Waals surface area contributed by atoms with Crippen LogP contribution in [0.25, 0.3) is 10.9 Å². The second kappa shape index (κ2) is 9.28. The lowest BCUT2D eigenvalue weighted by atomic mass is 10.1. The van der Waals surface area contributed by atoms with E-state index in [4.69, 9.17) is 9.47 Å². The first-order valence-corrected chi connectivity index (χ1v) is 9.73. The van der Waals surface area contributed by atoms with Gasteiger partial charge in [-0.25, -0.2) is 0 Å². The predicted octanol–water partition coefficient (Wildman–Crippen LogP) is 3.87. The number of H-pyrrole nitrogens is 1. The van der Waals surface area contributed by atoms with E-state index in [9.17, 15) is 9.59 Å². The van der Waals surface area contributed by atoms with Crippen LogP contribution in [0, 0.1) is 0 Å². The lowest BCUT2D eigenvalue weighted by Crippen LogP contribution is -2.31. The number of hydrogen-bond acceptors (Lipinski definition) is 4. The summed E-state index contributed by atoms with van der Waals surface area (Å²) in [5, 5.41) is 0.874. The van der Waals surface area contributed by atoms with Gasteiger partial charge in [0.15, 0.2) is 0 Å². The van der Waals surface area contributed by atoms with Gasteiger partial charge in [0.1, 0.15) is 11.5 Å². The van der Waals surface area contributed by atoms with E-state index in [0.717, 1.165) is 28.0 Å². The molecule has 1 aromatic heterocycles. The minimum absolute atomic E-state index is 0.0108. The Balaban J connectivity index is 1.89. The Hall–Kier alpha value is -3.28. The molecule has 6 heteroatoms. The maximum absolute atomic E-state index is 12.6. The highest BCUT2D eigenvalue weighted by Crippen LogP contribution is 2.20. The van der Waals surface area contributed by atoms with Gasteiger partial charge in [-0.15, -0.1) is 0 Å². The molecule has 0 saturated heterocycles. The van der Waals surface area contributed by atoms with E-state index >= 15 is 0 Å². The van der Waals surface area contributed by atoms with Crippen LogP contribution in [0.3, 0.4) is 0 Å². The van der Waals surface area contributed by atoms with Crippen molar-refractivity contribution in [2.45, 2.75) is 33.4 Å². The zero-order chi connectivity index (χ0) is 20.8. The molecule has 0 radical (unpaired) electrons. The number of aromatic nitrogens is 1. The number of aromatic amines is 1. The highest BCUT2D eigenvalue weighted by atomic mass is 16.5.